The van der Waals surface area contributed by atoms with Gasteiger partial charge in [-0.3, -0.25) is 4.79 Å². The minimum atomic E-state index is 0.232. The maximum absolute atomic E-state index is 12.4. The predicted octanol–water partition coefficient (Wildman–Crippen LogP) is 1.74. The van der Waals surface area contributed by atoms with Crippen LogP contribution in [0.15, 0.2) is 0 Å². The van der Waals surface area contributed by atoms with Gasteiger partial charge < -0.3 is 16.0 Å². The topological polar surface area (TPSA) is 58.4 Å². The van der Waals surface area contributed by atoms with Crippen molar-refractivity contribution in [1.82, 2.24) is 10.2 Å². The number of carbonyl (C=O) groups excluding carboxylic acids is 1. The molecule has 20 heavy (non-hydrogen) atoms. The van der Waals surface area contributed by atoms with E-state index in [1.165, 1.54) is 12.8 Å². The second kappa shape index (κ2) is 7.41. The summed E-state index contributed by atoms with van der Waals surface area (Å²) in [6.45, 7) is 4.09. The Labute approximate surface area is 123 Å². The number of rotatable bonds is 4. The van der Waals surface area contributed by atoms with Crippen LogP contribution >= 0.6 is 0 Å². The van der Waals surface area contributed by atoms with Crippen LogP contribution in [0.25, 0.3) is 0 Å². The summed E-state index contributed by atoms with van der Waals surface area (Å²) in [4.78, 5) is 14.8. The molecule has 4 nitrogen and oxygen atoms in total. The zero-order chi connectivity index (χ0) is 14.5. The Kier molecular flexibility index (Phi) is 5.85. The number of carbonyl (C=O) groups is 1. The number of nitrogens with zero attached hydrogens (tertiary/aromatic N) is 1. The van der Waals surface area contributed by atoms with Crippen molar-refractivity contribution in [3.8, 4) is 0 Å². The molecule has 0 bridgehead atoms. The molecule has 1 aliphatic heterocycles. The van der Waals surface area contributed by atoms with E-state index < -0.39 is 0 Å². The lowest BCUT2D eigenvalue weighted by atomic mass is 9.79. The van der Waals surface area contributed by atoms with Crippen LogP contribution < -0.4 is 11.1 Å². The summed E-state index contributed by atoms with van der Waals surface area (Å²) < 4.78 is 0. The van der Waals surface area contributed by atoms with E-state index in [2.05, 4.69) is 24.2 Å². The third-order valence-electron chi connectivity index (χ3n) is 5.28. The minimum absolute atomic E-state index is 0.232. The fourth-order valence-electron chi connectivity index (χ4n) is 3.77. The fourth-order valence-corrected chi connectivity index (χ4v) is 3.77. The Bertz CT molecular complexity index is 319. The number of hydrogen-bond donors (Lipinski definition) is 2. The Morgan fingerprint density at radius 1 is 1.30 bits per heavy atom. The van der Waals surface area contributed by atoms with Gasteiger partial charge >= 0.3 is 0 Å². The molecule has 2 fully saturated rings. The van der Waals surface area contributed by atoms with E-state index in [4.69, 9.17) is 5.73 Å². The van der Waals surface area contributed by atoms with E-state index in [0.717, 1.165) is 45.2 Å². The second-order valence-electron chi connectivity index (χ2n) is 6.87. The molecular formula is C16H31N3O. The second-order valence-corrected chi connectivity index (χ2v) is 6.87. The van der Waals surface area contributed by atoms with E-state index in [1.54, 1.807) is 0 Å². The van der Waals surface area contributed by atoms with Crippen molar-refractivity contribution in [3.63, 3.8) is 0 Å². The first-order valence-electron chi connectivity index (χ1n) is 8.30. The first-order chi connectivity index (χ1) is 9.60. The standard InChI is InChI=1S/C16H31N3O/c1-12-10-15(7-9-19(12)2)18-16(20)14-5-3-4-13(11-14)6-8-17/h12-15H,3-11,17H2,1-2H3,(H,18,20). The number of nitrogens with two attached hydrogens (primary N) is 1. The van der Waals surface area contributed by atoms with Gasteiger partial charge in [0.05, 0.1) is 0 Å². The van der Waals surface area contributed by atoms with Crippen LogP contribution in [0.4, 0.5) is 0 Å². The summed E-state index contributed by atoms with van der Waals surface area (Å²) in [6, 6.07) is 0.953. The van der Waals surface area contributed by atoms with E-state index in [0.29, 0.717) is 23.9 Å². The number of piperidine rings is 1. The van der Waals surface area contributed by atoms with Crippen LogP contribution in [0.3, 0.4) is 0 Å². The largest absolute Gasteiger partial charge is 0.353 e. The molecule has 2 rings (SSSR count). The monoisotopic (exact) mass is 281 g/mol. The molecule has 1 saturated heterocycles. The first kappa shape index (κ1) is 15.8. The maximum atomic E-state index is 12.4. The molecule has 0 spiro atoms. The van der Waals surface area contributed by atoms with E-state index in [1.807, 2.05) is 0 Å². The summed E-state index contributed by atoms with van der Waals surface area (Å²) in [5, 5.41) is 3.31. The highest BCUT2D eigenvalue weighted by Gasteiger charge is 2.30. The summed E-state index contributed by atoms with van der Waals surface area (Å²) >= 11 is 0. The average Bonchev–Trinajstić information content (AvgIpc) is 2.43. The van der Waals surface area contributed by atoms with Gasteiger partial charge in [-0.25, -0.2) is 0 Å². The molecule has 3 N–H and O–H groups in total. The average molecular weight is 281 g/mol. The molecule has 4 atom stereocenters. The summed E-state index contributed by atoms with van der Waals surface area (Å²) in [5.41, 5.74) is 5.65. The van der Waals surface area contributed by atoms with Gasteiger partial charge in [0.1, 0.15) is 0 Å². The lowest BCUT2D eigenvalue weighted by molar-refractivity contribution is -0.127. The number of amides is 1. The Balaban J connectivity index is 1.79. The van der Waals surface area contributed by atoms with Gasteiger partial charge in [-0.15, -0.1) is 0 Å². The van der Waals surface area contributed by atoms with Crippen LogP contribution in [0, 0.1) is 11.8 Å². The fraction of sp³-hybridized carbons (Fsp3) is 0.938. The Morgan fingerprint density at radius 2 is 2.10 bits per heavy atom. The summed E-state index contributed by atoms with van der Waals surface area (Å²) in [7, 11) is 2.17. The quantitative estimate of drug-likeness (QED) is 0.825. The van der Waals surface area contributed by atoms with E-state index >= 15 is 0 Å². The van der Waals surface area contributed by atoms with Gasteiger partial charge in [0.15, 0.2) is 0 Å². The van der Waals surface area contributed by atoms with E-state index in [-0.39, 0.29) is 5.92 Å². The normalized spacial score (nSPS) is 35.8. The van der Waals surface area contributed by atoms with Gasteiger partial charge in [0, 0.05) is 24.5 Å². The molecule has 2 aliphatic rings. The number of likely N-dealkylation sites (tertiary alicyclic amines) is 1. The molecule has 0 aromatic carbocycles. The highest BCUT2D eigenvalue weighted by Crippen LogP contribution is 2.31. The molecule has 4 heteroatoms. The van der Waals surface area contributed by atoms with Crippen molar-refractivity contribution in [2.45, 2.75) is 64.0 Å². The van der Waals surface area contributed by atoms with Crippen molar-refractivity contribution in [2.24, 2.45) is 17.6 Å². The molecule has 0 aromatic rings. The smallest absolute Gasteiger partial charge is 0.223 e. The van der Waals surface area contributed by atoms with Gasteiger partial charge in [-0.05, 0) is 58.5 Å². The van der Waals surface area contributed by atoms with Gasteiger partial charge in [-0.2, -0.15) is 0 Å². The van der Waals surface area contributed by atoms with Gasteiger partial charge in [-0.1, -0.05) is 12.8 Å². The van der Waals surface area contributed by atoms with Crippen molar-refractivity contribution >= 4 is 5.91 Å². The first-order valence-corrected chi connectivity index (χ1v) is 8.30. The lowest BCUT2D eigenvalue weighted by Gasteiger charge is -2.36. The van der Waals surface area contributed by atoms with Crippen LogP contribution in [-0.4, -0.2) is 43.0 Å². The third-order valence-corrected chi connectivity index (χ3v) is 5.28. The molecule has 0 aromatic heterocycles. The van der Waals surface area contributed by atoms with Gasteiger partial charge in [0.2, 0.25) is 5.91 Å². The van der Waals surface area contributed by atoms with Crippen molar-refractivity contribution < 1.29 is 4.79 Å². The minimum Gasteiger partial charge on any atom is -0.353 e. The molecule has 1 saturated carbocycles. The van der Waals surface area contributed by atoms with Crippen molar-refractivity contribution in [1.29, 1.82) is 0 Å². The van der Waals surface area contributed by atoms with Gasteiger partial charge in [0.25, 0.3) is 0 Å². The van der Waals surface area contributed by atoms with Crippen molar-refractivity contribution in [3.05, 3.63) is 0 Å². The molecule has 0 radical (unpaired) electrons. The zero-order valence-electron chi connectivity index (χ0n) is 13.1. The molecule has 1 aliphatic carbocycles. The van der Waals surface area contributed by atoms with Crippen LogP contribution in [0.1, 0.15) is 51.9 Å². The molecular weight excluding hydrogens is 250 g/mol. The molecule has 1 heterocycles. The molecule has 1 amide bonds. The third kappa shape index (κ3) is 4.19. The number of nitrogens with one attached hydrogen (secondary N) is 1. The zero-order valence-corrected chi connectivity index (χ0v) is 13.1. The highest BCUT2D eigenvalue weighted by molar-refractivity contribution is 5.79. The Morgan fingerprint density at radius 3 is 2.80 bits per heavy atom. The van der Waals surface area contributed by atoms with Crippen LogP contribution in [-0.2, 0) is 4.79 Å². The Hall–Kier alpha value is -0.610. The number of hydrogen-bond acceptors (Lipinski definition) is 3. The van der Waals surface area contributed by atoms with Crippen LogP contribution in [0.5, 0.6) is 0 Å². The molecule has 116 valence electrons. The lowest BCUT2D eigenvalue weighted by Crippen LogP contribution is -2.49. The summed E-state index contributed by atoms with van der Waals surface area (Å²) in [6.07, 6.45) is 7.81. The highest BCUT2D eigenvalue weighted by atomic mass is 16.1. The van der Waals surface area contributed by atoms with Crippen molar-refractivity contribution in [2.75, 3.05) is 20.1 Å². The predicted molar refractivity (Wildman–Crippen MR) is 82.4 cm³/mol. The maximum Gasteiger partial charge on any atom is 0.223 e. The molecule has 4 unspecified atom stereocenters. The van der Waals surface area contributed by atoms with E-state index in [9.17, 15) is 4.79 Å². The van der Waals surface area contributed by atoms with Crippen LogP contribution in [0.2, 0.25) is 0 Å². The SMILES string of the molecule is CC1CC(NC(=O)C2CCCC(CCN)C2)CCN1C. The summed E-state index contributed by atoms with van der Waals surface area (Å²) in [5.74, 6) is 1.20.